The lowest BCUT2D eigenvalue weighted by molar-refractivity contribution is -0.107. The van der Waals surface area contributed by atoms with Gasteiger partial charge in [-0.15, -0.1) is 0 Å². The van der Waals surface area contributed by atoms with E-state index in [-0.39, 0.29) is 17.7 Å². The molecule has 0 fully saturated rings. The van der Waals surface area contributed by atoms with Crippen molar-refractivity contribution in [2.45, 2.75) is 52.6 Å². The number of carbonyl (C=O) groups excluding carboxylic acids is 1. The van der Waals surface area contributed by atoms with E-state index in [4.69, 9.17) is 14.2 Å². The zero-order valence-corrected chi connectivity index (χ0v) is 15.7. The van der Waals surface area contributed by atoms with Crippen LogP contribution in [0.3, 0.4) is 0 Å². The Morgan fingerprint density at radius 1 is 1.24 bits per heavy atom. The molecule has 2 N–H and O–H groups in total. The molecule has 0 bridgehead atoms. The Labute approximate surface area is 150 Å². The van der Waals surface area contributed by atoms with Gasteiger partial charge in [-0.05, 0) is 47.9 Å². The van der Waals surface area contributed by atoms with Crippen LogP contribution in [-0.2, 0) is 27.4 Å². The minimum absolute atomic E-state index is 0.00908. The third-order valence-corrected chi connectivity index (χ3v) is 4.53. The zero-order valence-electron chi connectivity index (χ0n) is 15.7. The van der Waals surface area contributed by atoms with Gasteiger partial charge in [-0.1, -0.05) is 19.9 Å². The first-order valence-electron chi connectivity index (χ1n) is 8.73. The summed E-state index contributed by atoms with van der Waals surface area (Å²) in [7, 11) is 3.30. The fraction of sp³-hybridized carbons (Fsp3) is 0.632. The highest BCUT2D eigenvalue weighted by Gasteiger charge is 2.20. The predicted octanol–water partition coefficient (Wildman–Crippen LogP) is 3.65. The van der Waals surface area contributed by atoms with E-state index in [1.54, 1.807) is 14.2 Å². The number of hydrogen-bond acceptors (Lipinski definition) is 4. The number of fused-ring (bicyclic) bond motifs is 1. The number of rotatable bonds is 9. The quantitative estimate of drug-likeness (QED) is 0.667. The van der Waals surface area contributed by atoms with E-state index in [2.05, 4.69) is 24.5 Å². The molecule has 0 saturated carbocycles. The number of benzene rings is 1. The lowest BCUT2D eigenvalue weighted by Crippen LogP contribution is -2.36. The van der Waals surface area contributed by atoms with Crippen molar-refractivity contribution < 1.29 is 19.0 Å². The van der Waals surface area contributed by atoms with Crippen LogP contribution in [-0.4, -0.2) is 33.1 Å². The summed E-state index contributed by atoms with van der Waals surface area (Å²) in [6.45, 7) is 6.17. The Bertz CT molecular complexity index is 571. The maximum atomic E-state index is 12.1. The summed E-state index contributed by atoms with van der Waals surface area (Å²) in [4.78, 5) is 12.1. The van der Waals surface area contributed by atoms with Crippen molar-refractivity contribution in [3.63, 3.8) is 0 Å². The molecule has 0 aliphatic carbocycles. The zero-order chi connectivity index (χ0) is 18.3. The number of hydrogen-bond donors (Lipinski definition) is 2. The highest BCUT2D eigenvalue weighted by atomic mass is 16.7. The SMILES string of the molecule is COC(CCCC(C)(C)CNC(=O)Nc1ccc2c(c1)COC2)OC. The van der Waals surface area contributed by atoms with Crippen LogP contribution in [0.1, 0.15) is 44.2 Å². The summed E-state index contributed by atoms with van der Waals surface area (Å²) in [6.07, 6.45) is 2.65. The van der Waals surface area contributed by atoms with E-state index in [0.717, 1.165) is 30.5 Å². The fourth-order valence-electron chi connectivity index (χ4n) is 2.91. The van der Waals surface area contributed by atoms with Gasteiger partial charge in [-0.2, -0.15) is 0 Å². The third kappa shape index (κ3) is 6.30. The Morgan fingerprint density at radius 2 is 1.96 bits per heavy atom. The number of amides is 2. The maximum absolute atomic E-state index is 12.1. The molecule has 140 valence electrons. The molecule has 1 aliphatic rings. The molecule has 1 aromatic carbocycles. The van der Waals surface area contributed by atoms with E-state index in [9.17, 15) is 4.79 Å². The Balaban J connectivity index is 1.73. The average Bonchev–Trinajstić information content (AvgIpc) is 3.05. The van der Waals surface area contributed by atoms with E-state index < -0.39 is 0 Å². The van der Waals surface area contributed by atoms with Crippen LogP contribution < -0.4 is 10.6 Å². The summed E-state index contributed by atoms with van der Waals surface area (Å²) in [5.74, 6) is 0. The van der Waals surface area contributed by atoms with Crippen LogP contribution in [0.4, 0.5) is 10.5 Å². The van der Waals surface area contributed by atoms with Crippen molar-refractivity contribution in [2.24, 2.45) is 5.41 Å². The van der Waals surface area contributed by atoms with Crippen LogP contribution in [0.5, 0.6) is 0 Å². The molecule has 1 aromatic rings. The molecule has 2 amide bonds. The molecule has 0 aromatic heterocycles. The standard InChI is InChI=1S/C19H30N2O4/c1-19(2,9-5-6-17(23-3)24-4)13-20-18(22)21-16-8-7-14-11-25-12-15(14)10-16/h7-8,10,17H,5-6,9,11-13H2,1-4H3,(H2,20,21,22). The Kier molecular flexibility index (Phi) is 7.23. The first kappa shape index (κ1) is 19.7. The highest BCUT2D eigenvalue weighted by molar-refractivity contribution is 5.89. The van der Waals surface area contributed by atoms with Crippen molar-refractivity contribution in [1.82, 2.24) is 5.32 Å². The maximum Gasteiger partial charge on any atom is 0.319 e. The monoisotopic (exact) mass is 350 g/mol. The van der Waals surface area contributed by atoms with Gasteiger partial charge >= 0.3 is 6.03 Å². The highest BCUT2D eigenvalue weighted by Crippen LogP contribution is 2.24. The van der Waals surface area contributed by atoms with Gasteiger partial charge in [0.05, 0.1) is 13.2 Å². The van der Waals surface area contributed by atoms with Crippen LogP contribution >= 0.6 is 0 Å². The van der Waals surface area contributed by atoms with Crippen LogP contribution in [0.2, 0.25) is 0 Å². The number of ether oxygens (including phenoxy) is 3. The van der Waals surface area contributed by atoms with Crippen molar-refractivity contribution in [3.05, 3.63) is 29.3 Å². The molecule has 0 unspecified atom stereocenters. The minimum Gasteiger partial charge on any atom is -0.372 e. The van der Waals surface area contributed by atoms with Gasteiger partial charge < -0.3 is 24.8 Å². The van der Waals surface area contributed by atoms with Gasteiger partial charge in [-0.3, -0.25) is 0 Å². The minimum atomic E-state index is -0.182. The second-order valence-electron chi connectivity index (χ2n) is 7.24. The topological polar surface area (TPSA) is 68.8 Å². The number of carbonyl (C=O) groups is 1. The number of anilines is 1. The largest absolute Gasteiger partial charge is 0.372 e. The summed E-state index contributed by atoms with van der Waals surface area (Å²) in [6, 6.07) is 5.71. The van der Waals surface area contributed by atoms with E-state index in [1.165, 1.54) is 5.56 Å². The van der Waals surface area contributed by atoms with Crippen molar-refractivity contribution in [2.75, 3.05) is 26.1 Å². The number of urea groups is 1. The van der Waals surface area contributed by atoms with E-state index >= 15 is 0 Å². The fourth-order valence-corrected chi connectivity index (χ4v) is 2.91. The molecular formula is C19H30N2O4. The summed E-state index contributed by atoms with van der Waals surface area (Å²) in [5, 5.41) is 5.85. The van der Waals surface area contributed by atoms with Crippen LogP contribution in [0.15, 0.2) is 18.2 Å². The Hall–Kier alpha value is -1.63. The second kappa shape index (κ2) is 9.17. The number of nitrogens with one attached hydrogen (secondary N) is 2. The molecule has 1 heterocycles. The van der Waals surface area contributed by atoms with Gasteiger partial charge in [0, 0.05) is 26.5 Å². The first-order valence-corrected chi connectivity index (χ1v) is 8.73. The molecule has 6 nitrogen and oxygen atoms in total. The summed E-state index contributed by atoms with van der Waals surface area (Å²) in [5.41, 5.74) is 3.14. The van der Waals surface area contributed by atoms with E-state index in [1.807, 2.05) is 18.2 Å². The van der Waals surface area contributed by atoms with Gasteiger partial charge in [0.1, 0.15) is 0 Å². The molecule has 0 atom stereocenters. The lowest BCUT2D eigenvalue weighted by Gasteiger charge is -2.26. The van der Waals surface area contributed by atoms with Crippen molar-refractivity contribution in [3.8, 4) is 0 Å². The smallest absolute Gasteiger partial charge is 0.319 e. The summed E-state index contributed by atoms with van der Waals surface area (Å²) >= 11 is 0. The molecule has 0 radical (unpaired) electrons. The molecule has 6 heteroatoms. The molecule has 0 spiro atoms. The molecule has 2 rings (SSSR count). The molecule has 1 aliphatic heterocycles. The van der Waals surface area contributed by atoms with Crippen LogP contribution in [0, 0.1) is 5.41 Å². The van der Waals surface area contributed by atoms with Gasteiger partial charge in [0.2, 0.25) is 0 Å². The second-order valence-corrected chi connectivity index (χ2v) is 7.24. The van der Waals surface area contributed by atoms with Gasteiger partial charge in [0.25, 0.3) is 0 Å². The molecular weight excluding hydrogens is 320 g/mol. The van der Waals surface area contributed by atoms with Crippen molar-refractivity contribution in [1.29, 1.82) is 0 Å². The first-order chi connectivity index (χ1) is 11.9. The van der Waals surface area contributed by atoms with Crippen molar-refractivity contribution >= 4 is 11.7 Å². The average molecular weight is 350 g/mol. The Morgan fingerprint density at radius 3 is 2.68 bits per heavy atom. The normalized spacial score (nSPS) is 13.8. The van der Waals surface area contributed by atoms with E-state index in [0.29, 0.717) is 19.8 Å². The lowest BCUT2D eigenvalue weighted by atomic mass is 9.87. The number of methoxy groups -OCH3 is 2. The summed E-state index contributed by atoms with van der Waals surface area (Å²) < 4.78 is 15.8. The van der Waals surface area contributed by atoms with Crippen LogP contribution in [0.25, 0.3) is 0 Å². The predicted molar refractivity (Wildman–Crippen MR) is 97.4 cm³/mol. The molecule has 25 heavy (non-hydrogen) atoms. The van der Waals surface area contributed by atoms with Gasteiger partial charge in [-0.25, -0.2) is 4.79 Å². The molecule has 0 saturated heterocycles. The van der Waals surface area contributed by atoms with Gasteiger partial charge in [0.15, 0.2) is 6.29 Å². The third-order valence-electron chi connectivity index (χ3n) is 4.53.